The number of rotatable bonds is 8. The number of hydrogen-bond acceptors (Lipinski definition) is 8. The maximum absolute atomic E-state index is 14.2. The van der Waals surface area contributed by atoms with E-state index in [1.807, 2.05) is 32.7 Å². The number of benzene rings is 1. The molecule has 2 spiro atoms. The molecule has 238 valence electrons. The predicted octanol–water partition coefficient (Wildman–Crippen LogP) is 4.61. The van der Waals surface area contributed by atoms with E-state index in [4.69, 9.17) is 4.74 Å². The third-order valence-electron chi connectivity index (χ3n) is 10.7. The fraction of sp³-hybridized carbons (Fsp3) is 0.667. The van der Waals surface area contributed by atoms with Crippen LogP contribution >= 0.6 is 0 Å². The van der Waals surface area contributed by atoms with Gasteiger partial charge in [-0.05, 0) is 102 Å². The van der Waals surface area contributed by atoms with Crippen molar-refractivity contribution in [1.29, 1.82) is 0 Å². The van der Waals surface area contributed by atoms with Crippen LogP contribution in [-0.2, 0) is 4.79 Å². The summed E-state index contributed by atoms with van der Waals surface area (Å²) < 4.78 is 20.4. The fourth-order valence-electron chi connectivity index (χ4n) is 8.02. The SMILES string of the molecule is CCN(C(=O)c1cc(F)ccc1Oc1nncnc1N1CC2(CCN(CC3CCC4(CC3)CC(=O)N(C)C4)CC2)C1)C(C)C. The summed E-state index contributed by atoms with van der Waals surface area (Å²) in [5.41, 5.74) is 0.640. The molecule has 0 bridgehead atoms. The van der Waals surface area contributed by atoms with Crippen molar-refractivity contribution in [2.24, 2.45) is 16.7 Å². The van der Waals surface area contributed by atoms with Crippen molar-refractivity contribution >= 4 is 17.6 Å². The van der Waals surface area contributed by atoms with Crippen LogP contribution in [0.2, 0.25) is 0 Å². The van der Waals surface area contributed by atoms with Gasteiger partial charge in [-0.1, -0.05) is 0 Å². The molecule has 1 aromatic heterocycles. The smallest absolute Gasteiger partial charge is 0.282 e. The lowest BCUT2D eigenvalue weighted by Crippen LogP contribution is -2.61. The van der Waals surface area contributed by atoms with Crippen molar-refractivity contribution in [3.63, 3.8) is 0 Å². The van der Waals surface area contributed by atoms with Crippen LogP contribution in [0.5, 0.6) is 11.6 Å². The van der Waals surface area contributed by atoms with Crippen molar-refractivity contribution in [3.05, 3.63) is 35.9 Å². The Kier molecular flexibility index (Phi) is 8.52. The Balaban J connectivity index is 1.04. The molecule has 3 aliphatic heterocycles. The monoisotopic (exact) mass is 607 g/mol. The number of anilines is 1. The van der Waals surface area contributed by atoms with Gasteiger partial charge in [0.15, 0.2) is 5.82 Å². The van der Waals surface area contributed by atoms with Crippen molar-refractivity contribution in [3.8, 4) is 11.6 Å². The molecule has 6 rings (SSSR count). The summed E-state index contributed by atoms with van der Waals surface area (Å²) in [6.45, 7) is 12.3. The van der Waals surface area contributed by atoms with E-state index in [-0.39, 0.29) is 40.0 Å². The lowest BCUT2D eigenvalue weighted by molar-refractivity contribution is -0.126. The largest absolute Gasteiger partial charge is 0.434 e. The summed E-state index contributed by atoms with van der Waals surface area (Å²) >= 11 is 0. The first-order valence-corrected chi connectivity index (χ1v) is 16.3. The van der Waals surface area contributed by atoms with Crippen LogP contribution in [0.4, 0.5) is 10.2 Å². The van der Waals surface area contributed by atoms with E-state index in [9.17, 15) is 14.0 Å². The second kappa shape index (κ2) is 12.2. The Hall–Kier alpha value is -3.34. The van der Waals surface area contributed by atoms with Gasteiger partial charge in [-0.2, -0.15) is 0 Å². The number of likely N-dealkylation sites (tertiary alicyclic amines) is 2. The van der Waals surface area contributed by atoms with E-state index in [0.29, 0.717) is 18.3 Å². The summed E-state index contributed by atoms with van der Waals surface area (Å²) in [6.07, 6.45) is 9.27. The van der Waals surface area contributed by atoms with Crippen LogP contribution in [-0.4, -0.2) is 101 Å². The first-order chi connectivity index (χ1) is 21.1. The lowest BCUT2D eigenvalue weighted by Gasteiger charge is -2.54. The van der Waals surface area contributed by atoms with Crippen molar-refractivity contribution in [1.82, 2.24) is 29.9 Å². The van der Waals surface area contributed by atoms with Crippen molar-refractivity contribution in [2.75, 3.05) is 57.8 Å². The molecule has 1 aliphatic carbocycles. The van der Waals surface area contributed by atoms with E-state index in [1.54, 1.807) is 4.90 Å². The number of aromatic nitrogens is 3. The first-order valence-electron chi connectivity index (χ1n) is 16.3. The van der Waals surface area contributed by atoms with Crippen molar-refractivity contribution in [2.45, 2.75) is 71.8 Å². The fourth-order valence-corrected chi connectivity index (χ4v) is 8.02. The van der Waals surface area contributed by atoms with Gasteiger partial charge >= 0.3 is 0 Å². The van der Waals surface area contributed by atoms with Crippen LogP contribution in [0.15, 0.2) is 24.5 Å². The number of ether oxygens (including phenoxy) is 1. The minimum Gasteiger partial charge on any atom is -0.434 e. The third-order valence-corrected chi connectivity index (χ3v) is 10.7. The Morgan fingerprint density at radius 2 is 1.84 bits per heavy atom. The van der Waals surface area contributed by atoms with Gasteiger partial charge < -0.3 is 24.3 Å². The minimum absolute atomic E-state index is 0.0398. The Bertz CT molecular complexity index is 1360. The highest BCUT2D eigenvalue weighted by Crippen LogP contribution is 2.47. The van der Waals surface area contributed by atoms with E-state index >= 15 is 0 Å². The summed E-state index contributed by atoms with van der Waals surface area (Å²) in [4.78, 5) is 38.4. The molecule has 1 aromatic carbocycles. The minimum atomic E-state index is -0.500. The molecule has 4 fully saturated rings. The maximum atomic E-state index is 14.2. The van der Waals surface area contributed by atoms with Crippen LogP contribution in [0.3, 0.4) is 0 Å². The van der Waals surface area contributed by atoms with Crippen LogP contribution in [0.25, 0.3) is 0 Å². The molecule has 1 saturated carbocycles. The molecule has 0 radical (unpaired) electrons. The van der Waals surface area contributed by atoms with E-state index < -0.39 is 5.82 Å². The number of amides is 2. The number of carbonyl (C=O) groups excluding carboxylic acids is 2. The predicted molar refractivity (Wildman–Crippen MR) is 165 cm³/mol. The van der Waals surface area contributed by atoms with Gasteiger partial charge in [0, 0.05) is 57.6 Å². The van der Waals surface area contributed by atoms with Gasteiger partial charge in [0.2, 0.25) is 5.91 Å². The van der Waals surface area contributed by atoms with Crippen LogP contribution in [0.1, 0.15) is 76.1 Å². The van der Waals surface area contributed by atoms with Crippen LogP contribution < -0.4 is 9.64 Å². The van der Waals surface area contributed by atoms with Gasteiger partial charge in [-0.25, -0.2) is 9.37 Å². The van der Waals surface area contributed by atoms with Gasteiger partial charge in [-0.3, -0.25) is 9.59 Å². The molecule has 0 atom stereocenters. The van der Waals surface area contributed by atoms with E-state index in [0.717, 1.165) is 57.9 Å². The lowest BCUT2D eigenvalue weighted by atomic mass is 9.69. The molecule has 4 aliphatic rings. The second-order valence-corrected chi connectivity index (χ2v) is 14.0. The van der Waals surface area contributed by atoms with Gasteiger partial charge in [0.1, 0.15) is 17.9 Å². The molecule has 10 nitrogen and oxygen atoms in total. The molecule has 11 heteroatoms. The van der Waals surface area contributed by atoms with Crippen LogP contribution in [0, 0.1) is 22.6 Å². The normalized spacial score (nSPS) is 25.1. The molecule has 2 amide bonds. The molecule has 0 N–H and O–H groups in total. The second-order valence-electron chi connectivity index (χ2n) is 14.0. The summed E-state index contributed by atoms with van der Waals surface area (Å²) in [5, 5.41) is 8.17. The molecular formula is C33H46FN7O3. The highest BCUT2D eigenvalue weighted by atomic mass is 19.1. The molecular weight excluding hydrogens is 561 g/mol. The number of carbonyl (C=O) groups is 2. The third kappa shape index (κ3) is 6.12. The number of halogens is 1. The van der Waals surface area contributed by atoms with E-state index in [1.165, 1.54) is 56.8 Å². The first kappa shape index (κ1) is 30.7. The molecule has 2 aromatic rings. The highest BCUT2D eigenvalue weighted by Gasteiger charge is 2.47. The van der Waals surface area contributed by atoms with Gasteiger partial charge in [-0.15, -0.1) is 10.2 Å². The Labute approximate surface area is 259 Å². The van der Waals surface area contributed by atoms with Gasteiger partial charge in [0.05, 0.1) is 5.56 Å². The Morgan fingerprint density at radius 3 is 2.48 bits per heavy atom. The molecule has 3 saturated heterocycles. The quantitative estimate of drug-likeness (QED) is 0.430. The van der Waals surface area contributed by atoms with Crippen molar-refractivity contribution < 1.29 is 18.7 Å². The number of hydrogen-bond donors (Lipinski definition) is 0. The Morgan fingerprint density at radius 1 is 1.11 bits per heavy atom. The summed E-state index contributed by atoms with van der Waals surface area (Å²) in [6, 6.07) is 3.94. The molecule has 44 heavy (non-hydrogen) atoms. The average molecular weight is 608 g/mol. The summed E-state index contributed by atoms with van der Waals surface area (Å²) in [5.74, 6) is 1.31. The highest BCUT2D eigenvalue weighted by molar-refractivity contribution is 5.97. The maximum Gasteiger partial charge on any atom is 0.282 e. The molecule has 4 heterocycles. The zero-order valence-corrected chi connectivity index (χ0v) is 26.6. The number of piperidine rings is 1. The van der Waals surface area contributed by atoms with E-state index in [2.05, 4.69) is 25.0 Å². The average Bonchev–Trinajstić information content (AvgIpc) is 3.27. The number of nitrogens with zero attached hydrogens (tertiary/aromatic N) is 7. The standard InChI is InChI=1S/C33H46FN7O3/c1-5-41(23(2)3)31(43)26-16-25(34)6-7-27(26)44-30-29(35-22-36-37-30)40-20-33(21-40)12-14-39(15-13-33)18-24-8-10-32(11-9-24)17-28(42)38(4)19-32/h6-7,16,22-24H,5,8-15,17-21H2,1-4H3. The topological polar surface area (TPSA) is 95.0 Å². The summed E-state index contributed by atoms with van der Waals surface area (Å²) in [7, 11) is 1.95. The molecule has 0 unspecified atom stereocenters. The zero-order valence-electron chi connectivity index (χ0n) is 26.6. The van der Waals surface area contributed by atoms with Gasteiger partial charge in [0.25, 0.3) is 11.8 Å². The zero-order chi connectivity index (χ0) is 31.1.